The molecule has 1 aliphatic rings. The molecule has 0 saturated heterocycles. The first-order valence-electron chi connectivity index (χ1n) is 7.93. The van der Waals surface area contributed by atoms with Gasteiger partial charge in [0.2, 0.25) is 0 Å². The van der Waals surface area contributed by atoms with Gasteiger partial charge in [-0.3, -0.25) is 9.88 Å². The number of aryl methyl sites for hydroxylation is 2. The van der Waals surface area contributed by atoms with Crippen molar-refractivity contribution < 1.29 is 0 Å². The molecule has 0 fully saturated rings. The Hall–Kier alpha value is -0.930. The summed E-state index contributed by atoms with van der Waals surface area (Å²) >= 11 is 0. The summed E-state index contributed by atoms with van der Waals surface area (Å²) in [5.74, 6) is 0. The lowest BCUT2D eigenvalue weighted by molar-refractivity contribution is 0.173. The lowest BCUT2D eigenvalue weighted by Crippen LogP contribution is -2.37. The lowest BCUT2D eigenvalue weighted by Gasteiger charge is -2.30. The van der Waals surface area contributed by atoms with E-state index in [-0.39, 0.29) is 0 Å². The van der Waals surface area contributed by atoms with Crippen molar-refractivity contribution in [2.75, 3.05) is 6.54 Å². The van der Waals surface area contributed by atoms with Gasteiger partial charge < -0.3 is 5.32 Å². The van der Waals surface area contributed by atoms with Gasteiger partial charge in [0.1, 0.15) is 0 Å². The SMILES string of the molecule is Cc1cc(CCCN(C(C)C)C(C)C)nc2c1CNC2. The summed E-state index contributed by atoms with van der Waals surface area (Å²) < 4.78 is 0. The molecule has 1 aromatic rings. The molecule has 0 spiro atoms. The zero-order valence-corrected chi connectivity index (χ0v) is 13.7. The predicted octanol–water partition coefficient (Wildman–Crippen LogP) is 3.04. The third kappa shape index (κ3) is 3.58. The summed E-state index contributed by atoms with van der Waals surface area (Å²) in [5, 5.41) is 3.39. The third-order valence-corrected chi connectivity index (χ3v) is 4.26. The van der Waals surface area contributed by atoms with Gasteiger partial charge in [0.05, 0.1) is 5.69 Å². The molecule has 0 saturated carbocycles. The molecular formula is C17H29N3. The first-order valence-corrected chi connectivity index (χ1v) is 7.93. The van der Waals surface area contributed by atoms with Gasteiger partial charge >= 0.3 is 0 Å². The number of nitrogens with zero attached hydrogens (tertiary/aromatic N) is 2. The molecule has 20 heavy (non-hydrogen) atoms. The van der Waals surface area contributed by atoms with E-state index >= 15 is 0 Å². The molecule has 1 aromatic heterocycles. The maximum absolute atomic E-state index is 4.82. The number of hydrogen-bond donors (Lipinski definition) is 1. The van der Waals surface area contributed by atoms with Crippen molar-refractivity contribution in [2.45, 2.75) is 72.6 Å². The molecule has 0 unspecified atom stereocenters. The van der Waals surface area contributed by atoms with E-state index in [0.29, 0.717) is 12.1 Å². The quantitative estimate of drug-likeness (QED) is 0.865. The molecule has 2 heterocycles. The first kappa shape index (κ1) is 15.5. The van der Waals surface area contributed by atoms with E-state index in [1.165, 1.54) is 28.9 Å². The fraction of sp³-hybridized carbons (Fsp3) is 0.706. The standard InChI is InChI=1S/C17H29N3/c1-12(2)20(13(3)4)8-6-7-15-9-14(5)16-10-18-11-17(16)19-15/h9,12-13,18H,6-8,10-11H2,1-5H3. The highest BCUT2D eigenvalue weighted by molar-refractivity contribution is 5.34. The third-order valence-electron chi connectivity index (χ3n) is 4.26. The van der Waals surface area contributed by atoms with Gasteiger partial charge in [-0.1, -0.05) is 0 Å². The molecule has 0 aliphatic carbocycles. The Kier molecular flexibility index (Phi) is 5.17. The van der Waals surface area contributed by atoms with Crippen LogP contribution >= 0.6 is 0 Å². The Bertz CT molecular complexity index is 444. The summed E-state index contributed by atoms with van der Waals surface area (Å²) in [6, 6.07) is 3.52. The van der Waals surface area contributed by atoms with Crippen molar-refractivity contribution in [1.29, 1.82) is 0 Å². The Balaban J connectivity index is 1.93. The van der Waals surface area contributed by atoms with Crippen molar-refractivity contribution in [1.82, 2.24) is 15.2 Å². The van der Waals surface area contributed by atoms with Crippen LogP contribution in [-0.4, -0.2) is 28.5 Å². The summed E-state index contributed by atoms with van der Waals surface area (Å²) in [7, 11) is 0. The van der Waals surface area contributed by atoms with Crippen LogP contribution < -0.4 is 5.32 Å². The van der Waals surface area contributed by atoms with Crippen LogP contribution in [0.15, 0.2) is 6.07 Å². The molecule has 0 amide bonds. The molecule has 1 aliphatic heterocycles. The van der Waals surface area contributed by atoms with E-state index in [0.717, 1.165) is 26.1 Å². The lowest BCUT2D eigenvalue weighted by atomic mass is 10.1. The van der Waals surface area contributed by atoms with Crippen molar-refractivity contribution in [3.8, 4) is 0 Å². The van der Waals surface area contributed by atoms with Crippen LogP contribution in [0.25, 0.3) is 0 Å². The average molecular weight is 275 g/mol. The molecule has 0 aromatic carbocycles. The molecule has 112 valence electrons. The van der Waals surface area contributed by atoms with Crippen LogP contribution in [0.1, 0.15) is 56.6 Å². The molecule has 0 atom stereocenters. The summed E-state index contributed by atoms with van der Waals surface area (Å²) in [6.07, 6.45) is 2.28. The number of rotatable bonds is 6. The first-order chi connectivity index (χ1) is 9.49. The summed E-state index contributed by atoms with van der Waals surface area (Å²) in [4.78, 5) is 7.38. The fourth-order valence-corrected chi connectivity index (χ4v) is 3.21. The highest BCUT2D eigenvalue weighted by Gasteiger charge is 2.16. The van der Waals surface area contributed by atoms with Gasteiger partial charge in [0.15, 0.2) is 0 Å². The van der Waals surface area contributed by atoms with E-state index in [1.807, 2.05) is 0 Å². The van der Waals surface area contributed by atoms with Gasteiger partial charge in [-0.15, -0.1) is 0 Å². The number of fused-ring (bicyclic) bond motifs is 1. The van der Waals surface area contributed by atoms with Gasteiger partial charge in [-0.2, -0.15) is 0 Å². The average Bonchev–Trinajstić information content (AvgIpc) is 2.82. The minimum absolute atomic E-state index is 0.619. The van der Waals surface area contributed by atoms with Crippen molar-refractivity contribution >= 4 is 0 Å². The van der Waals surface area contributed by atoms with Crippen molar-refractivity contribution in [3.63, 3.8) is 0 Å². The molecule has 0 radical (unpaired) electrons. The Morgan fingerprint density at radius 1 is 1.20 bits per heavy atom. The zero-order valence-electron chi connectivity index (χ0n) is 13.7. The zero-order chi connectivity index (χ0) is 14.7. The number of pyridine rings is 1. The Morgan fingerprint density at radius 3 is 2.55 bits per heavy atom. The van der Waals surface area contributed by atoms with Crippen LogP contribution in [0.2, 0.25) is 0 Å². The van der Waals surface area contributed by atoms with Crippen LogP contribution in [0.3, 0.4) is 0 Å². The van der Waals surface area contributed by atoms with Gasteiger partial charge in [0, 0.05) is 30.9 Å². The van der Waals surface area contributed by atoms with E-state index in [4.69, 9.17) is 4.98 Å². The van der Waals surface area contributed by atoms with Crippen LogP contribution in [0.4, 0.5) is 0 Å². The second-order valence-corrected chi connectivity index (χ2v) is 6.49. The fourth-order valence-electron chi connectivity index (χ4n) is 3.21. The van der Waals surface area contributed by atoms with E-state index in [1.54, 1.807) is 0 Å². The topological polar surface area (TPSA) is 28.2 Å². The Labute approximate surface area is 123 Å². The minimum atomic E-state index is 0.619. The highest BCUT2D eigenvalue weighted by Crippen LogP contribution is 2.19. The largest absolute Gasteiger partial charge is 0.307 e. The maximum Gasteiger partial charge on any atom is 0.0592 e. The highest BCUT2D eigenvalue weighted by atomic mass is 15.2. The minimum Gasteiger partial charge on any atom is -0.307 e. The molecule has 1 N–H and O–H groups in total. The van der Waals surface area contributed by atoms with E-state index < -0.39 is 0 Å². The molecule has 3 heteroatoms. The maximum atomic E-state index is 4.82. The normalized spacial score (nSPS) is 14.6. The van der Waals surface area contributed by atoms with Crippen molar-refractivity contribution in [3.05, 3.63) is 28.6 Å². The van der Waals surface area contributed by atoms with Crippen LogP contribution in [0, 0.1) is 6.92 Å². The smallest absolute Gasteiger partial charge is 0.0592 e. The predicted molar refractivity (Wildman–Crippen MR) is 84.8 cm³/mol. The van der Waals surface area contributed by atoms with Gasteiger partial charge in [-0.05, 0) is 71.2 Å². The van der Waals surface area contributed by atoms with Crippen LogP contribution in [0.5, 0.6) is 0 Å². The second-order valence-electron chi connectivity index (χ2n) is 6.49. The number of aromatic nitrogens is 1. The molecule has 3 nitrogen and oxygen atoms in total. The summed E-state index contributed by atoms with van der Waals surface area (Å²) in [5.41, 5.74) is 5.35. The van der Waals surface area contributed by atoms with Crippen LogP contribution in [-0.2, 0) is 19.5 Å². The molecule has 0 bridgehead atoms. The van der Waals surface area contributed by atoms with E-state index in [9.17, 15) is 0 Å². The van der Waals surface area contributed by atoms with Gasteiger partial charge in [-0.25, -0.2) is 0 Å². The molecular weight excluding hydrogens is 246 g/mol. The second kappa shape index (κ2) is 6.68. The van der Waals surface area contributed by atoms with E-state index in [2.05, 4.69) is 50.9 Å². The monoisotopic (exact) mass is 275 g/mol. The number of nitrogens with one attached hydrogen (secondary N) is 1. The summed E-state index contributed by atoms with van der Waals surface area (Å²) in [6.45, 7) is 14.4. The number of hydrogen-bond acceptors (Lipinski definition) is 3. The van der Waals surface area contributed by atoms with Gasteiger partial charge in [0.25, 0.3) is 0 Å². The van der Waals surface area contributed by atoms with Crippen molar-refractivity contribution in [2.24, 2.45) is 0 Å². The Morgan fingerprint density at radius 2 is 1.90 bits per heavy atom. The molecule has 2 rings (SSSR count).